The van der Waals surface area contributed by atoms with E-state index in [1.807, 2.05) is 83.4 Å². The molecule has 0 aliphatic carbocycles. The van der Waals surface area contributed by atoms with Crippen molar-refractivity contribution in [1.82, 2.24) is 9.38 Å². The number of carbonyl (C=O) groups excluding carboxylic acids is 1. The second kappa shape index (κ2) is 7.80. The first kappa shape index (κ1) is 17.5. The SMILES string of the molecule is COc1ccc(N/C=C\C(=O)c2c(-c3ccccc3)nc3ccccn23)cc1. The molecular weight excluding hydrogens is 350 g/mol. The van der Waals surface area contributed by atoms with Crippen molar-refractivity contribution in [3.05, 3.63) is 97.0 Å². The summed E-state index contributed by atoms with van der Waals surface area (Å²) in [5.74, 6) is 0.655. The number of nitrogens with zero attached hydrogens (tertiary/aromatic N) is 2. The number of hydrogen-bond donors (Lipinski definition) is 1. The Hall–Kier alpha value is -3.86. The van der Waals surface area contributed by atoms with Crippen LogP contribution in [0.3, 0.4) is 0 Å². The highest BCUT2D eigenvalue weighted by Crippen LogP contribution is 2.25. The molecule has 0 saturated carbocycles. The largest absolute Gasteiger partial charge is 0.497 e. The van der Waals surface area contributed by atoms with Crippen molar-refractivity contribution >= 4 is 17.1 Å². The van der Waals surface area contributed by atoms with Crippen molar-refractivity contribution in [3.63, 3.8) is 0 Å². The van der Waals surface area contributed by atoms with E-state index in [4.69, 9.17) is 4.74 Å². The van der Waals surface area contributed by atoms with Crippen molar-refractivity contribution in [2.75, 3.05) is 12.4 Å². The number of nitrogens with one attached hydrogen (secondary N) is 1. The van der Waals surface area contributed by atoms with Gasteiger partial charge < -0.3 is 10.1 Å². The third kappa shape index (κ3) is 3.50. The van der Waals surface area contributed by atoms with Gasteiger partial charge in [-0.3, -0.25) is 9.20 Å². The van der Waals surface area contributed by atoms with Crippen LogP contribution in [0.5, 0.6) is 5.75 Å². The van der Waals surface area contributed by atoms with Crippen molar-refractivity contribution < 1.29 is 9.53 Å². The van der Waals surface area contributed by atoms with Crippen LogP contribution in [0.1, 0.15) is 10.5 Å². The Bertz CT molecular complexity index is 1130. The number of pyridine rings is 1. The molecule has 0 bridgehead atoms. The van der Waals surface area contributed by atoms with Crippen LogP contribution in [-0.4, -0.2) is 22.3 Å². The lowest BCUT2D eigenvalue weighted by Gasteiger charge is -2.04. The zero-order valence-corrected chi connectivity index (χ0v) is 15.4. The topological polar surface area (TPSA) is 55.6 Å². The molecule has 5 heteroatoms. The molecule has 28 heavy (non-hydrogen) atoms. The maximum Gasteiger partial charge on any atom is 0.206 e. The third-order valence-electron chi connectivity index (χ3n) is 4.39. The number of fused-ring (bicyclic) bond motifs is 1. The number of hydrogen-bond acceptors (Lipinski definition) is 4. The summed E-state index contributed by atoms with van der Waals surface area (Å²) < 4.78 is 6.97. The van der Waals surface area contributed by atoms with Crippen LogP contribution in [0.2, 0.25) is 0 Å². The van der Waals surface area contributed by atoms with Gasteiger partial charge in [0, 0.05) is 29.7 Å². The number of ketones is 1. The molecule has 2 heterocycles. The molecule has 2 aromatic heterocycles. The minimum absolute atomic E-state index is 0.126. The quantitative estimate of drug-likeness (QED) is 0.391. The number of allylic oxidation sites excluding steroid dienone is 1. The van der Waals surface area contributed by atoms with Gasteiger partial charge in [-0.1, -0.05) is 36.4 Å². The molecule has 0 aliphatic rings. The number of methoxy groups -OCH3 is 1. The van der Waals surface area contributed by atoms with E-state index in [-0.39, 0.29) is 5.78 Å². The highest BCUT2D eigenvalue weighted by molar-refractivity contribution is 6.08. The van der Waals surface area contributed by atoms with Crippen molar-refractivity contribution in [2.45, 2.75) is 0 Å². The number of ether oxygens (including phenoxy) is 1. The van der Waals surface area contributed by atoms with Gasteiger partial charge in [0.25, 0.3) is 0 Å². The van der Waals surface area contributed by atoms with Crippen molar-refractivity contribution in [3.8, 4) is 17.0 Å². The Morgan fingerprint density at radius 1 is 1.00 bits per heavy atom. The van der Waals surface area contributed by atoms with E-state index in [1.165, 1.54) is 6.08 Å². The molecular formula is C23H19N3O2. The zero-order valence-electron chi connectivity index (χ0n) is 15.4. The van der Waals surface area contributed by atoms with Crippen LogP contribution in [-0.2, 0) is 0 Å². The lowest BCUT2D eigenvalue weighted by molar-refractivity contribution is 0.104. The van der Waals surface area contributed by atoms with Crippen LogP contribution in [0.4, 0.5) is 5.69 Å². The Kier molecular flexibility index (Phi) is 4.89. The first-order valence-corrected chi connectivity index (χ1v) is 8.90. The number of imidazole rings is 1. The second-order valence-electron chi connectivity index (χ2n) is 6.17. The van der Waals surface area contributed by atoms with Gasteiger partial charge in [0.05, 0.1) is 7.11 Å². The molecule has 0 atom stereocenters. The summed E-state index contributed by atoms with van der Waals surface area (Å²) in [5.41, 5.74) is 3.72. The van der Waals surface area contributed by atoms with Crippen LogP contribution >= 0.6 is 0 Å². The van der Waals surface area contributed by atoms with Gasteiger partial charge in [-0.2, -0.15) is 0 Å². The van der Waals surface area contributed by atoms with E-state index in [2.05, 4.69) is 10.3 Å². The number of rotatable bonds is 6. The van der Waals surface area contributed by atoms with Crippen LogP contribution < -0.4 is 10.1 Å². The Labute approximate surface area is 162 Å². The molecule has 1 N–H and O–H groups in total. The number of carbonyl (C=O) groups is 1. The first-order valence-electron chi connectivity index (χ1n) is 8.90. The fourth-order valence-electron chi connectivity index (χ4n) is 3.01. The Balaban J connectivity index is 1.64. The Morgan fingerprint density at radius 2 is 1.75 bits per heavy atom. The lowest BCUT2D eigenvalue weighted by atomic mass is 10.1. The second-order valence-corrected chi connectivity index (χ2v) is 6.17. The highest BCUT2D eigenvalue weighted by atomic mass is 16.5. The van der Waals surface area contributed by atoms with Gasteiger partial charge in [-0.05, 0) is 36.4 Å². The maximum atomic E-state index is 13.0. The molecule has 0 aliphatic heterocycles. The molecule has 4 rings (SSSR count). The maximum absolute atomic E-state index is 13.0. The number of benzene rings is 2. The standard InChI is InChI=1S/C23H19N3O2/c1-28-19-12-10-18(11-13-19)24-15-14-20(27)23-22(17-7-3-2-4-8-17)25-21-9-5-6-16-26(21)23/h2-16,24H,1H3/b15-14-. The van der Waals surface area contributed by atoms with E-state index in [0.717, 1.165) is 22.6 Å². The van der Waals surface area contributed by atoms with Crippen LogP contribution in [0.25, 0.3) is 16.9 Å². The number of anilines is 1. The van der Waals surface area contributed by atoms with E-state index in [0.29, 0.717) is 11.4 Å². The molecule has 4 aromatic rings. The minimum Gasteiger partial charge on any atom is -0.497 e. The van der Waals surface area contributed by atoms with Gasteiger partial charge in [0.2, 0.25) is 5.78 Å². The van der Waals surface area contributed by atoms with E-state index < -0.39 is 0 Å². The average Bonchev–Trinajstić information content (AvgIpc) is 3.14. The monoisotopic (exact) mass is 369 g/mol. The molecule has 0 spiro atoms. The van der Waals surface area contributed by atoms with E-state index in [9.17, 15) is 4.79 Å². The summed E-state index contributed by atoms with van der Waals surface area (Å²) in [5, 5.41) is 3.11. The van der Waals surface area contributed by atoms with Gasteiger partial charge in [-0.25, -0.2) is 4.98 Å². The molecule has 0 fully saturated rings. The average molecular weight is 369 g/mol. The fraction of sp³-hybridized carbons (Fsp3) is 0.0435. The fourth-order valence-corrected chi connectivity index (χ4v) is 3.01. The predicted octanol–water partition coefficient (Wildman–Crippen LogP) is 4.82. The van der Waals surface area contributed by atoms with Crippen molar-refractivity contribution in [2.24, 2.45) is 0 Å². The molecule has 138 valence electrons. The van der Waals surface area contributed by atoms with E-state index in [1.54, 1.807) is 13.3 Å². The summed E-state index contributed by atoms with van der Waals surface area (Å²) in [6, 6.07) is 22.9. The molecule has 0 unspecified atom stereocenters. The van der Waals surface area contributed by atoms with Gasteiger partial charge >= 0.3 is 0 Å². The number of aromatic nitrogens is 2. The van der Waals surface area contributed by atoms with Crippen LogP contribution in [0, 0.1) is 0 Å². The van der Waals surface area contributed by atoms with Gasteiger partial charge in [0.15, 0.2) is 0 Å². The minimum atomic E-state index is -0.126. The van der Waals surface area contributed by atoms with Crippen molar-refractivity contribution in [1.29, 1.82) is 0 Å². The Morgan fingerprint density at radius 3 is 2.50 bits per heavy atom. The normalized spacial score (nSPS) is 11.0. The molecule has 0 amide bonds. The third-order valence-corrected chi connectivity index (χ3v) is 4.39. The van der Waals surface area contributed by atoms with Gasteiger partial charge in [-0.15, -0.1) is 0 Å². The summed E-state index contributed by atoms with van der Waals surface area (Å²) >= 11 is 0. The molecule has 0 saturated heterocycles. The smallest absolute Gasteiger partial charge is 0.206 e. The molecule has 5 nitrogen and oxygen atoms in total. The first-order chi connectivity index (χ1) is 13.8. The lowest BCUT2D eigenvalue weighted by Crippen LogP contribution is -2.03. The summed E-state index contributed by atoms with van der Waals surface area (Å²) in [7, 11) is 1.63. The summed E-state index contributed by atoms with van der Waals surface area (Å²) in [4.78, 5) is 17.7. The van der Waals surface area contributed by atoms with Gasteiger partial charge in [0.1, 0.15) is 22.8 Å². The van der Waals surface area contributed by atoms with E-state index >= 15 is 0 Å². The summed E-state index contributed by atoms with van der Waals surface area (Å²) in [6.07, 6.45) is 5.02. The highest BCUT2D eigenvalue weighted by Gasteiger charge is 2.18. The predicted molar refractivity (Wildman–Crippen MR) is 111 cm³/mol. The zero-order chi connectivity index (χ0) is 19.3. The van der Waals surface area contributed by atoms with Crippen LogP contribution in [0.15, 0.2) is 91.3 Å². The summed E-state index contributed by atoms with van der Waals surface area (Å²) in [6.45, 7) is 0. The molecule has 0 radical (unpaired) electrons. The molecule has 2 aromatic carbocycles.